The van der Waals surface area contributed by atoms with E-state index in [0.29, 0.717) is 0 Å². The third kappa shape index (κ3) is 6.20. The summed E-state index contributed by atoms with van der Waals surface area (Å²) in [5, 5.41) is 0. The summed E-state index contributed by atoms with van der Waals surface area (Å²) >= 11 is 0. The maximum atomic E-state index is 13.2. The van der Waals surface area contributed by atoms with Gasteiger partial charge in [-0.15, -0.1) is 0 Å². The van der Waals surface area contributed by atoms with E-state index in [1.807, 2.05) is 62.4 Å². The highest BCUT2D eigenvalue weighted by Gasteiger charge is 2.18. The van der Waals surface area contributed by atoms with E-state index < -0.39 is 25.9 Å². The molecule has 0 aromatic heterocycles. The van der Waals surface area contributed by atoms with Gasteiger partial charge in [-0.25, -0.2) is 8.78 Å². The molecule has 0 aliphatic heterocycles. The molecular formula is C20H24F2O3. The molecule has 0 aliphatic carbocycles. The minimum absolute atomic E-state index is 0.193. The molecule has 2 atom stereocenters. The van der Waals surface area contributed by atoms with Crippen molar-refractivity contribution in [2.24, 2.45) is 0 Å². The molecule has 3 nitrogen and oxygen atoms in total. The van der Waals surface area contributed by atoms with E-state index in [4.69, 9.17) is 14.2 Å². The van der Waals surface area contributed by atoms with E-state index in [2.05, 4.69) is 0 Å². The number of benzene rings is 2. The molecule has 25 heavy (non-hydrogen) atoms. The summed E-state index contributed by atoms with van der Waals surface area (Å²) in [7, 11) is 0. The molecule has 0 aliphatic rings. The lowest BCUT2D eigenvalue weighted by Crippen LogP contribution is -2.30. The fraction of sp³-hybridized carbons (Fsp3) is 0.400. The van der Waals surface area contributed by atoms with Crippen LogP contribution >= 0.6 is 0 Å². The molecule has 0 N–H and O–H groups in total. The van der Waals surface area contributed by atoms with Crippen LogP contribution in [0.3, 0.4) is 0 Å². The second kappa shape index (κ2) is 10.2. The molecule has 2 aromatic carbocycles. The molecule has 0 saturated carbocycles. The molecule has 2 rings (SSSR count). The summed E-state index contributed by atoms with van der Waals surface area (Å²) in [5.41, 5.74) is 3.94. The Morgan fingerprint density at radius 1 is 0.720 bits per heavy atom. The van der Waals surface area contributed by atoms with E-state index in [-0.39, 0.29) is 13.2 Å². The SMILES string of the molecule is Cc1ccccc1COC(CF)OC(CF)OCc1ccccc1C. The summed E-state index contributed by atoms with van der Waals surface area (Å²) in [6.45, 7) is 2.52. The molecule has 0 amide bonds. The number of hydrogen-bond donors (Lipinski definition) is 0. The summed E-state index contributed by atoms with van der Waals surface area (Å²) in [4.78, 5) is 0. The Morgan fingerprint density at radius 3 is 1.48 bits per heavy atom. The number of ether oxygens (including phenoxy) is 3. The van der Waals surface area contributed by atoms with Crippen molar-refractivity contribution in [3.8, 4) is 0 Å². The van der Waals surface area contributed by atoms with Crippen molar-refractivity contribution in [2.45, 2.75) is 39.6 Å². The van der Waals surface area contributed by atoms with Gasteiger partial charge in [-0.1, -0.05) is 48.5 Å². The second-order valence-electron chi connectivity index (χ2n) is 5.78. The van der Waals surface area contributed by atoms with Crippen molar-refractivity contribution in [2.75, 3.05) is 13.3 Å². The zero-order valence-corrected chi connectivity index (χ0v) is 14.6. The zero-order valence-electron chi connectivity index (χ0n) is 14.6. The van der Waals surface area contributed by atoms with Gasteiger partial charge in [-0.3, -0.25) is 0 Å². The van der Waals surface area contributed by atoms with Crippen molar-refractivity contribution in [1.82, 2.24) is 0 Å². The lowest BCUT2D eigenvalue weighted by molar-refractivity contribution is -0.259. The van der Waals surface area contributed by atoms with Crippen LogP contribution in [0.1, 0.15) is 22.3 Å². The first kappa shape index (κ1) is 19.5. The van der Waals surface area contributed by atoms with Crippen LogP contribution in [-0.2, 0) is 27.4 Å². The maximum absolute atomic E-state index is 13.2. The smallest absolute Gasteiger partial charge is 0.189 e. The van der Waals surface area contributed by atoms with Gasteiger partial charge in [0, 0.05) is 0 Å². The number of aryl methyl sites for hydroxylation is 2. The van der Waals surface area contributed by atoms with Gasteiger partial charge in [-0.05, 0) is 36.1 Å². The molecule has 2 aromatic rings. The average molecular weight is 350 g/mol. The van der Waals surface area contributed by atoms with Gasteiger partial charge in [0.1, 0.15) is 13.3 Å². The van der Waals surface area contributed by atoms with Crippen LogP contribution in [-0.4, -0.2) is 25.9 Å². The number of halogens is 2. The van der Waals surface area contributed by atoms with E-state index in [1.165, 1.54) is 0 Å². The molecule has 5 heteroatoms. The van der Waals surface area contributed by atoms with Gasteiger partial charge in [0.25, 0.3) is 0 Å². The van der Waals surface area contributed by atoms with Gasteiger partial charge in [0.05, 0.1) is 13.2 Å². The van der Waals surface area contributed by atoms with Crippen molar-refractivity contribution in [1.29, 1.82) is 0 Å². The zero-order chi connectivity index (χ0) is 18.1. The van der Waals surface area contributed by atoms with Crippen LogP contribution in [0.25, 0.3) is 0 Å². The van der Waals surface area contributed by atoms with Crippen LogP contribution < -0.4 is 0 Å². The van der Waals surface area contributed by atoms with E-state index in [0.717, 1.165) is 22.3 Å². The highest BCUT2D eigenvalue weighted by Crippen LogP contribution is 2.14. The molecule has 0 spiro atoms. The van der Waals surface area contributed by atoms with Crippen molar-refractivity contribution in [3.05, 3.63) is 70.8 Å². The molecule has 0 fully saturated rings. The normalized spacial score (nSPS) is 13.6. The molecule has 0 saturated heterocycles. The Labute approximate surface area is 147 Å². The second-order valence-corrected chi connectivity index (χ2v) is 5.78. The predicted octanol–water partition coefficient (Wildman–Crippen LogP) is 4.64. The minimum Gasteiger partial charge on any atom is -0.345 e. The summed E-state index contributed by atoms with van der Waals surface area (Å²) in [6.07, 6.45) is -2.34. The average Bonchev–Trinajstić information content (AvgIpc) is 2.63. The largest absolute Gasteiger partial charge is 0.345 e. The van der Waals surface area contributed by atoms with Crippen LogP contribution in [0.4, 0.5) is 8.78 Å². The third-order valence-corrected chi connectivity index (χ3v) is 3.93. The first-order chi connectivity index (χ1) is 12.1. The summed E-state index contributed by atoms with van der Waals surface area (Å²) in [5.74, 6) is 0. The Balaban J connectivity index is 1.85. The van der Waals surface area contributed by atoms with E-state index in [1.54, 1.807) is 0 Å². The molecule has 2 unspecified atom stereocenters. The summed E-state index contributed by atoms with van der Waals surface area (Å²) < 4.78 is 42.4. The van der Waals surface area contributed by atoms with E-state index in [9.17, 15) is 8.78 Å². The number of alkyl halides is 2. The van der Waals surface area contributed by atoms with Gasteiger partial charge < -0.3 is 14.2 Å². The van der Waals surface area contributed by atoms with Crippen molar-refractivity contribution >= 4 is 0 Å². The monoisotopic (exact) mass is 350 g/mol. The Morgan fingerprint density at radius 2 is 1.12 bits per heavy atom. The number of rotatable bonds is 10. The van der Waals surface area contributed by atoms with Gasteiger partial charge in [-0.2, -0.15) is 0 Å². The fourth-order valence-electron chi connectivity index (χ4n) is 2.32. The van der Waals surface area contributed by atoms with Crippen molar-refractivity contribution < 1.29 is 23.0 Å². The topological polar surface area (TPSA) is 27.7 Å². The Bertz CT molecular complexity index is 593. The Hall–Kier alpha value is -1.82. The standard InChI is InChI=1S/C20H24F2O3/c1-15-7-3-5-9-17(15)13-23-19(11-21)25-20(12-22)24-14-18-10-6-4-8-16(18)2/h3-10,19-20H,11-14H2,1-2H3. The molecule has 136 valence electrons. The van der Waals surface area contributed by atoms with Crippen LogP contribution in [0.2, 0.25) is 0 Å². The maximum Gasteiger partial charge on any atom is 0.189 e. The summed E-state index contributed by atoms with van der Waals surface area (Å²) in [6, 6.07) is 15.3. The third-order valence-electron chi connectivity index (χ3n) is 3.93. The fourth-order valence-corrected chi connectivity index (χ4v) is 2.32. The molecule has 0 radical (unpaired) electrons. The highest BCUT2D eigenvalue weighted by molar-refractivity contribution is 5.25. The molecular weight excluding hydrogens is 326 g/mol. The lowest BCUT2D eigenvalue weighted by Gasteiger charge is -2.22. The van der Waals surface area contributed by atoms with Gasteiger partial charge in [0.15, 0.2) is 12.6 Å². The van der Waals surface area contributed by atoms with Crippen LogP contribution in [0.5, 0.6) is 0 Å². The van der Waals surface area contributed by atoms with Crippen LogP contribution in [0, 0.1) is 13.8 Å². The van der Waals surface area contributed by atoms with Gasteiger partial charge >= 0.3 is 0 Å². The minimum atomic E-state index is -1.17. The van der Waals surface area contributed by atoms with Crippen molar-refractivity contribution in [3.63, 3.8) is 0 Å². The first-order valence-corrected chi connectivity index (χ1v) is 8.23. The predicted molar refractivity (Wildman–Crippen MR) is 92.5 cm³/mol. The van der Waals surface area contributed by atoms with Gasteiger partial charge in [0.2, 0.25) is 0 Å². The quantitative estimate of drug-likeness (QED) is 0.584. The molecule has 0 heterocycles. The van der Waals surface area contributed by atoms with Crippen LogP contribution in [0.15, 0.2) is 48.5 Å². The lowest BCUT2D eigenvalue weighted by atomic mass is 10.1. The molecule has 0 bridgehead atoms. The Kier molecular flexibility index (Phi) is 7.98. The number of hydrogen-bond acceptors (Lipinski definition) is 3. The highest BCUT2D eigenvalue weighted by atomic mass is 19.1. The van der Waals surface area contributed by atoms with E-state index >= 15 is 0 Å². The first-order valence-electron chi connectivity index (χ1n) is 8.23.